The number of morpholine rings is 1. The number of hydrogen-bond donors (Lipinski definition) is 1. The Morgan fingerprint density at radius 2 is 2.41 bits per heavy atom. The van der Waals surface area contributed by atoms with Gasteiger partial charge in [-0.05, 0) is 25.2 Å². The van der Waals surface area contributed by atoms with E-state index in [9.17, 15) is 0 Å². The van der Waals surface area contributed by atoms with Crippen LogP contribution in [-0.4, -0.2) is 44.3 Å². The van der Waals surface area contributed by atoms with E-state index in [2.05, 4.69) is 33.2 Å². The van der Waals surface area contributed by atoms with Gasteiger partial charge >= 0.3 is 0 Å². The summed E-state index contributed by atoms with van der Waals surface area (Å²) in [7, 11) is 2.11. The third-order valence-corrected chi connectivity index (χ3v) is 3.61. The third-order valence-electron chi connectivity index (χ3n) is 2.79. The Balaban J connectivity index is 1.90. The maximum Gasteiger partial charge on any atom is 0.0874 e. The molecule has 0 saturated carbocycles. The maximum absolute atomic E-state index is 6.11. The lowest BCUT2D eigenvalue weighted by Gasteiger charge is -2.30. The number of likely N-dealkylation sites (N-methyl/N-ethyl adjacent to an activating group) is 1. The topological polar surface area (TPSA) is 24.5 Å². The van der Waals surface area contributed by atoms with Gasteiger partial charge in [0, 0.05) is 24.1 Å². The highest BCUT2D eigenvalue weighted by atomic mass is 79.9. The Morgan fingerprint density at radius 3 is 3.18 bits per heavy atom. The monoisotopic (exact) mass is 318 g/mol. The molecule has 0 amide bonds. The number of rotatable bonds is 3. The summed E-state index contributed by atoms with van der Waals surface area (Å²) in [6.45, 7) is 3.54. The van der Waals surface area contributed by atoms with E-state index in [1.807, 2.05) is 18.2 Å². The zero-order valence-electron chi connectivity index (χ0n) is 9.75. The Hall–Kier alpha value is -0.290. The quantitative estimate of drug-likeness (QED) is 0.927. The molecule has 94 valence electrons. The van der Waals surface area contributed by atoms with Gasteiger partial charge in [0.25, 0.3) is 0 Å². The van der Waals surface area contributed by atoms with E-state index < -0.39 is 0 Å². The summed E-state index contributed by atoms with van der Waals surface area (Å²) in [6.07, 6.45) is 0.226. The minimum atomic E-state index is 0.226. The van der Waals surface area contributed by atoms with E-state index in [4.69, 9.17) is 16.3 Å². The Bertz CT molecular complexity index is 389. The molecule has 0 spiro atoms. The molecule has 0 aromatic heterocycles. The average molecular weight is 320 g/mol. The summed E-state index contributed by atoms with van der Waals surface area (Å²) in [5, 5.41) is 4.06. The first-order valence-corrected chi connectivity index (χ1v) is 6.81. The van der Waals surface area contributed by atoms with Crippen LogP contribution in [0.4, 0.5) is 5.69 Å². The molecule has 1 aliphatic rings. The standard InChI is InChI=1S/C12H16BrClN2O/c1-16-4-5-17-10(8-16)7-15-12-6-9(13)2-3-11(12)14/h2-3,6,10,15H,4-5,7-8H2,1H3. The van der Waals surface area contributed by atoms with Gasteiger partial charge in [-0.15, -0.1) is 0 Å². The van der Waals surface area contributed by atoms with Crippen molar-refractivity contribution in [2.45, 2.75) is 6.10 Å². The highest BCUT2D eigenvalue weighted by Gasteiger charge is 2.17. The molecule has 2 rings (SSSR count). The molecular weight excluding hydrogens is 304 g/mol. The third kappa shape index (κ3) is 3.85. The van der Waals surface area contributed by atoms with Crippen LogP contribution in [0.1, 0.15) is 0 Å². The number of nitrogens with zero attached hydrogens (tertiary/aromatic N) is 1. The second kappa shape index (κ2) is 6.05. The van der Waals surface area contributed by atoms with Gasteiger partial charge in [-0.2, -0.15) is 0 Å². The highest BCUT2D eigenvalue weighted by Crippen LogP contribution is 2.25. The predicted octanol–water partition coefficient (Wildman–Crippen LogP) is 2.85. The van der Waals surface area contributed by atoms with Crippen LogP contribution in [-0.2, 0) is 4.74 Å². The van der Waals surface area contributed by atoms with E-state index in [1.54, 1.807) is 0 Å². The van der Waals surface area contributed by atoms with Gasteiger partial charge in [-0.1, -0.05) is 27.5 Å². The van der Waals surface area contributed by atoms with Gasteiger partial charge in [0.15, 0.2) is 0 Å². The number of benzene rings is 1. The lowest BCUT2D eigenvalue weighted by molar-refractivity contribution is -0.0117. The van der Waals surface area contributed by atoms with Crippen molar-refractivity contribution in [2.75, 3.05) is 38.6 Å². The van der Waals surface area contributed by atoms with Crippen LogP contribution < -0.4 is 5.32 Å². The van der Waals surface area contributed by atoms with E-state index in [0.717, 1.165) is 41.4 Å². The highest BCUT2D eigenvalue weighted by molar-refractivity contribution is 9.10. The molecule has 3 nitrogen and oxygen atoms in total. The van der Waals surface area contributed by atoms with Crippen molar-refractivity contribution >= 4 is 33.2 Å². The molecular formula is C12H16BrClN2O. The maximum atomic E-state index is 6.11. The summed E-state index contributed by atoms with van der Waals surface area (Å²) in [4.78, 5) is 2.28. The minimum absolute atomic E-state index is 0.226. The zero-order valence-corrected chi connectivity index (χ0v) is 12.1. The lowest BCUT2D eigenvalue weighted by Crippen LogP contribution is -2.43. The molecule has 1 unspecified atom stereocenters. The van der Waals surface area contributed by atoms with Gasteiger partial charge in [-0.25, -0.2) is 0 Å². The Kier molecular flexibility index (Phi) is 4.68. The van der Waals surface area contributed by atoms with E-state index >= 15 is 0 Å². The summed E-state index contributed by atoms with van der Waals surface area (Å²) >= 11 is 9.54. The van der Waals surface area contributed by atoms with Gasteiger partial charge in [0.2, 0.25) is 0 Å². The molecule has 1 heterocycles. The van der Waals surface area contributed by atoms with Crippen LogP contribution in [0.5, 0.6) is 0 Å². The summed E-state index contributed by atoms with van der Waals surface area (Å²) in [5.74, 6) is 0. The van der Waals surface area contributed by atoms with Crippen molar-refractivity contribution in [3.8, 4) is 0 Å². The van der Waals surface area contributed by atoms with E-state index in [0.29, 0.717) is 0 Å². The molecule has 0 bridgehead atoms. The number of nitrogens with one attached hydrogen (secondary N) is 1. The second-order valence-electron chi connectivity index (χ2n) is 4.26. The SMILES string of the molecule is CN1CCOC(CNc2cc(Br)ccc2Cl)C1. The average Bonchev–Trinajstić information content (AvgIpc) is 2.30. The van der Waals surface area contributed by atoms with Crippen LogP contribution in [0.2, 0.25) is 5.02 Å². The molecule has 1 aromatic rings. The molecule has 1 atom stereocenters. The van der Waals surface area contributed by atoms with Gasteiger partial charge in [0.1, 0.15) is 0 Å². The van der Waals surface area contributed by atoms with Crippen LogP contribution in [0.25, 0.3) is 0 Å². The molecule has 0 aliphatic carbocycles. The summed E-state index contributed by atoms with van der Waals surface area (Å²) < 4.78 is 6.70. The first kappa shape index (κ1) is 13.1. The van der Waals surface area contributed by atoms with Crippen LogP contribution in [0, 0.1) is 0 Å². The molecule has 1 N–H and O–H groups in total. The normalized spacial score (nSPS) is 21.5. The number of ether oxygens (including phenoxy) is 1. The molecule has 5 heteroatoms. The van der Waals surface area contributed by atoms with E-state index in [-0.39, 0.29) is 6.10 Å². The van der Waals surface area contributed by atoms with E-state index in [1.165, 1.54) is 0 Å². The number of halogens is 2. The van der Waals surface area contributed by atoms with Crippen molar-refractivity contribution < 1.29 is 4.74 Å². The smallest absolute Gasteiger partial charge is 0.0874 e. The van der Waals surface area contributed by atoms with Crippen molar-refractivity contribution in [1.82, 2.24) is 4.90 Å². The predicted molar refractivity (Wildman–Crippen MR) is 74.9 cm³/mol. The van der Waals surface area contributed by atoms with Crippen molar-refractivity contribution in [1.29, 1.82) is 0 Å². The fourth-order valence-electron chi connectivity index (χ4n) is 1.85. The lowest BCUT2D eigenvalue weighted by atomic mass is 10.2. The van der Waals surface area contributed by atoms with Crippen molar-refractivity contribution in [3.05, 3.63) is 27.7 Å². The molecule has 1 fully saturated rings. The minimum Gasteiger partial charge on any atom is -0.381 e. The molecule has 1 saturated heterocycles. The Labute approximate surface area is 115 Å². The summed E-state index contributed by atoms with van der Waals surface area (Å²) in [6, 6.07) is 5.79. The second-order valence-corrected chi connectivity index (χ2v) is 5.58. The first-order chi connectivity index (χ1) is 8.15. The first-order valence-electron chi connectivity index (χ1n) is 5.64. The van der Waals surface area contributed by atoms with Crippen molar-refractivity contribution in [2.24, 2.45) is 0 Å². The molecule has 0 radical (unpaired) electrons. The zero-order chi connectivity index (χ0) is 12.3. The largest absolute Gasteiger partial charge is 0.381 e. The Morgan fingerprint density at radius 1 is 1.59 bits per heavy atom. The van der Waals surface area contributed by atoms with Crippen molar-refractivity contribution in [3.63, 3.8) is 0 Å². The number of hydrogen-bond acceptors (Lipinski definition) is 3. The number of anilines is 1. The van der Waals surface area contributed by atoms with Crippen LogP contribution in [0.3, 0.4) is 0 Å². The van der Waals surface area contributed by atoms with Gasteiger partial charge in [0.05, 0.1) is 23.4 Å². The molecule has 17 heavy (non-hydrogen) atoms. The summed E-state index contributed by atoms with van der Waals surface area (Å²) in [5.41, 5.74) is 0.942. The fraction of sp³-hybridized carbons (Fsp3) is 0.500. The van der Waals surface area contributed by atoms with Gasteiger partial charge < -0.3 is 15.0 Å². The fourth-order valence-corrected chi connectivity index (χ4v) is 2.39. The molecule has 1 aliphatic heterocycles. The molecule has 1 aromatic carbocycles. The van der Waals surface area contributed by atoms with Crippen LogP contribution >= 0.6 is 27.5 Å². The van der Waals surface area contributed by atoms with Gasteiger partial charge in [-0.3, -0.25) is 0 Å². The van der Waals surface area contributed by atoms with Crippen LogP contribution in [0.15, 0.2) is 22.7 Å².